The second-order valence-electron chi connectivity index (χ2n) is 18.9. The van der Waals surface area contributed by atoms with Gasteiger partial charge in [-0.2, -0.15) is 0 Å². The SMILES string of the molecule is CCC(=O)OC(C)(C)C1OC23OC1CC(C)C2C1(C)CCC24CC25CCC(OC2OCCC(O)C2O)C(C)(C)C5CCC4C1(C)C3O. The van der Waals surface area contributed by atoms with Crippen LogP contribution in [0.5, 0.6) is 0 Å². The zero-order valence-electron chi connectivity index (χ0n) is 29.9. The van der Waals surface area contributed by atoms with Gasteiger partial charge in [-0.25, -0.2) is 0 Å². The summed E-state index contributed by atoms with van der Waals surface area (Å²) in [4.78, 5) is 12.4. The number of carbonyl (C=O) groups excluding carboxylic acids is 1. The molecule has 3 heterocycles. The first-order valence-electron chi connectivity index (χ1n) is 18.8. The lowest BCUT2D eigenvalue weighted by atomic mass is 9.41. The minimum atomic E-state index is -1.10. The largest absolute Gasteiger partial charge is 0.457 e. The van der Waals surface area contributed by atoms with Crippen molar-refractivity contribution in [2.75, 3.05) is 6.61 Å². The van der Waals surface area contributed by atoms with Crippen LogP contribution in [0.1, 0.15) is 120 Å². The van der Waals surface area contributed by atoms with E-state index in [0.717, 1.165) is 44.9 Å². The van der Waals surface area contributed by atoms with Gasteiger partial charge >= 0.3 is 5.97 Å². The molecule has 16 atom stereocenters. The van der Waals surface area contributed by atoms with E-state index >= 15 is 0 Å². The molecule has 47 heavy (non-hydrogen) atoms. The molecule has 3 N–H and O–H groups in total. The summed E-state index contributed by atoms with van der Waals surface area (Å²) in [5.41, 5.74) is -1.15. The Hall–Kier alpha value is -0.810. The zero-order valence-corrected chi connectivity index (χ0v) is 29.9. The van der Waals surface area contributed by atoms with Crippen LogP contribution in [0.3, 0.4) is 0 Å². The average molecular weight is 661 g/mol. The van der Waals surface area contributed by atoms with Crippen molar-refractivity contribution < 1.29 is 43.8 Å². The standard InChI is InChI=1S/C38H60O9/c1-9-26(40)46-33(5,6)29-22-18-20(2)28-34(7)15-16-37-19-36(37)14-12-25(44-30-27(41)21(39)13-17-43-30)32(3,4)23(36)10-11-24(37)35(34,8)31(42)38(28,45-22)47-29/h20-25,27-31,39,41-42H,9-19H2,1-8H3. The number of fused-ring (bicyclic) bond motifs is 4. The van der Waals surface area contributed by atoms with Crippen LogP contribution in [0, 0.1) is 50.7 Å². The Morgan fingerprint density at radius 3 is 2.36 bits per heavy atom. The molecule has 8 rings (SSSR count). The number of hydrogen-bond acceptors (Lipinski definition) is 9. The molecule has 2 bridgehead atoms. The van der Waals surface area contributed by atoms with Crippen molar-refractivity contribution in [3.05, 3.63) is 0 Å². The number of carbonyl (C=O) groups is 1. The molecule has 5 saturated carbocycles. The van der Waals surface area contributed by atoms with E-state index in [-0.39, 0.29) is 51.2 Å². The maximum atomic E-state index is 12.9. The number of hydrogen-bond donors (Lipinski definition) is 3. The van der Waals surface area contributed by atoms with Crippen molar-refractivity contribution >= 4 is 5.97 Å². The minimum Gasteiger partial charge on any atom is -0.457 e. The van der Waals surface area contributed by atoms with E-state index in [4.69, 9.17) is 23.7 Å². The van der Waals surface area contributed by atoms with E-state index in [1.54, 1.807) is 0 Å². The van der Waals surface area contributed by atoms with Gasteiger partial charge in [0.1, 0.15) is 23.9 Å². The van der Waals surface area contributed by atoms with Crippen molar-refractivity contribution in [3.63, 3.8) is 0 Å². The van der Waals surface area contributed by atoms with Crippen molar-refractivity contribution in [2.45, 2.75) is 174 Å². The van der Waals surface area contributed by atoms with Gasteiger partial charge in [0.15, 0.2) is 12.1 Å². The van der Waals surface area contributed by atoms with Crippen LogP contribution in [-0.2, 0) is 28.5 Å². The number of ether oxygens (including phenoxy) is 5. The first kappa shape index (κ1) is 33.3. The van der Waals surface area contributed by atoms with E-state index in [2.05, 4.69) is 34.6 Å². The van der Waals surface area contributed by atoms with E-state index in [1.807, 2.05) is 20.8 Å². The van der Waals surface area contributed by atoms with Crippen LogP contribution in [0.15, 0.2) is 0 Å². The van der Waals surface area contributed by atoms with Gasteiger partial charge in [0, 0.05) is 17.8 Å². The van der Waals surface area contributed by atoms with Crippen molar-refractivity contribution in [1.29, 1.82) is 0 Å². The monoisotopic (exact) mass is 660 g/mol. The van der Waals surface area contributed by atoms with Crippen molar-refractivity contribution in [3.8, 4) is 0 Å². The fourth-order valence-electron chi connectivity index (χ4n) is 14.4. The predicted molar refractivity (Wildman–Crippen MR) is 172 cm³/mol. The number of aliphatic hydroxyl groups is 3. The molecule has 266 valence electrons. The lowest BCUT2D eigenvalue weighted by Crippen LogP contribution is -2.60. The molecule has 0 amide bonds. The smallest absolute Gasteiger partial charge is 0.306 e. The predicted octanol–water partition coefficient (Wildman–Crippen LogP) is 5.11. The van der Waals surface area contributed by atoms with Gasteiger partial charge < -0.3 is 39.0 Å². The fraction of sp³-hybridized carbons (Fsp3) is 0.974. The summed E-state index contributed by atoms with van der Waals surface area (Å²) in [6.07, 6.45) is 4.95. The highest BCUT2D eigenvalue weighted by molar-refractivity contribution is 5.69. The van der Waals surface area contributed by atoms with Crippen LogP contribution in [0.25, 0.3) is 0 Å². The molecule has 9 nitrogen and oxygen atoms in total. The number of rotatable bonds is 5. The van der Waals surface area contributed by atoms with Gasteiger partial charge in [0.05, 0.1) is 24.9 Å². The molecule has 0 aromatic heterocycles. The molecule has 16 unspecified atom stereocenters. The Bertz CT molecular complexity index is 1300. The summed E-state index contributed by atoms with van der Waals surface area (Å²) in [6.45, 7) is 17.9. The highest BCUT2D eigenvalue weighted by Crippen LogP contribution is 2.90. The first-order valence-corrected chi connectivity index (χ1v) is 18.8. The van der Waals surface area contributed by atoms with Gasteiger partial charge in [0.2, 0.25) is 0 Å². The molecular formula is C38H60O9. The maximum absolute atomic E-state index is 12.9. The lowest BCUT2D eigenvalue weighted by molar-refractivity contribution is -0.288. The Labute approximate surface area is 280 Å². The van der Waals surface area contributed by atoms with Crippen LogP contribution in [0.4, 0.5) is 0 Å². The Kier molecular flexibility index (Phi) is 7.21. The quantitative estimate of drug-likeness (QED) is 0.273. The maximum Gasteiger partial charge on any atom is 0.306 e. The molecular weight excluding hydrogens is 600 g/mol. The van der Waals surface area contributed by atoms with Crippen LogP contribution in [0.2, 0.25) is 0 Å². The van der Waals surface area contributed by atoms with Gasteiger partial charge in [-0.1, -0.05) is 41.5 Å². The molecule has 8 aliphatic rings. The summed E-state index contributed by atoms with van der Waals surface area (Å²) in [5, 5.41) is 33.8. The van der Waals surface area contributed by atoms with Crippen LogP contribution in [-0.4, -0.2) is 82.2 Å². The molecule has 0 radical (unpaired) electrons. The van der Waals surface area contributed by atoms with Gasteiger partial charge in [0.25, 0.3) is 0 Å². The fourth-order valence-corrected chi connectivity index (χ4v) is 14.4. The van der Waals surface area contributed by atoms with Crippen molar-refractivity contribution in [2.24, 2.45) is 50.7 Å². The highest BCUT2D eigenvalue weighted by Gasteiger charge is 2.88. The van der Waals surface area contributed by atoms with E-state index in [9.17, 15) is 20.1 Å². The molecule has 0 aromatic rings. The topological polar surface area (TPSA) is 124 Å². The van der Waals surface area contributed by atoms with Gasteiger partial charge in [-0.3, -0.25) is 4.79 Å². The summed E-state index contributed by atoms with van der Waals surface area (Å²) in [5.74, 6) is -0.163. The van der Waals surface area contributed by atoms with E-state index < -0.39 is 42.1 Å². The van der Waals surface area contributed by atoms with Crippen molar-refractivity contribution in [1.82, 2.24) is 0 Å². The minimum absolute atomic E-state index is 0.0524. The normalized spacial score (nSPS) is 57.2. The van der Waals surface area contributed by atoms with Crippen LogP contribution >= 0.6 is 0 Å². The summed E-state index contributed by atoms with van der Waals surface area (Å²) >= 11 is 0. The second kappa shape index (κ2) is 10.2. The average Bonchev–Trinajstić information content (AvgIpc) is 3.52. The lowest BCUT2D eigenvalue weighted by Gasteiger charge is -2.63. The third-order valence-corrected chi connectivity index (χ3v) is 16.4. The highest BCUT2D eigenvalue weighted by atomic mass is 16.8. The number of aliphatic hydroxyl groups excluding tert-OH is 3. The molecule has 3 saturated heterocycles. The molecule has 3 aliphatic heterocycles. The van der Waals surface area contributed by atoms with E-state index in [1.165, 1.54) is 6.42 Å². The third-order valence-electron chi connectivity index (χ3n) is 16.4. The Morgan fingerprint density at radius 1 is 0.936 bits per heavy atom. The zero-order chi connectivity index (χ0) is 33.7. The summed E-state index contributed by atoms with van der Waals surface area (Å²) in [6, 6.07) is 0. The third kappa shape index (κ3) is 3.94. The molecule has 9 heteroatoms. The van der Waals surface area contributed by atoms with E-state index in [0.29, 0.717) is 37.2 Å². The first-order chi connectivity index (χ1) is 21.9. The van der Waals surface area contributed by atoms with Gasteiger partial charge in [-0.05, 0) is 111 Å². The summed E-state index contributed by atoms with van der Waals surface area (Å²) in [7, 11) is 0. The molecule has 0 aromatic carbocycles. The number of esters is 1. The second-order valence-corrected chi connectivity index (χ2v) is 18.9. The molecule has 5 aliphatic carbocycles. The molecule has 3 spiro atoms. The molecule has 8 fully saturated rings. The van der Waals surface area contributed by atoms with Crippen LogP contribution < -0.4 is 0 Å². The summed E-state index contributed by atoms with van der Waals surface area (Å²) < 4.78 is 32.3. The Morgan fingerprint density at radius 2 is 1.64 bits per heavy atom. The Balaban J connectivity index is 1.09. The van der Waals surface area contributed by atoms with Gasteiger partial charge in [-0.15, -0.1) is 0 Å².